The highest BCUT2D eigenvalue weighted by Gasteiger charge is 2.27. The second-order valence-electron chi connectivity index (χ2n) is 6.42. The summed E-state index contributed by atoms with van der Waals surface area (Å²) in [5.74, 6) is -0.488. The number of hydrogen-bond acceptors (Lipinski definition) is 6. The smallest absolute Gasteiger partial charge is 0.274 e. The number of amides is 1. The van der Waals surface area contributed by atoms with Crippen LogP contribution in [0.5, 0.6) is 0 Å². The molecule has 1 atom stereocenters. The number of imidazole rings is 1. The highest BCUT2D eigenvalue weighted by molar-refractivity contribution is 7.90. The molecule has 3 rings (SSSR count). The molecule has 2 heterocycles. The standard InChI is InChI=1S/C18H18N4O5S/c1-12(13-7-6-8-14(11-13)22(24)25)20(2)17(23)16-15-9-4-5-10-21(15)18(19-16)28(3,26)27/h4-12H,1-3H3. The maximum atomic E-state index is 13.1. The van der Waals surface area contributed by atoms with E-state index in [1.807, 2.05) is 0 Å². The van der Waals surface area contributed by atoms with E-state index in [1.165, 1.54) is 27.6 Å². The monoisotopic (exact) mass is 402 g/mol. The molecule has 0 bridgehead atoms. The third kappa shape index (κ3) is 3.46. The Bertz CT molecular complexity index is 1190. The molecule has 2 aromatic heterocycles. The van der Waals surface area contributed by atoms with Gasteiger partial charge in [0.25, 0.3) is 11.6 Å². The molecule has 0 aliphatic heterocycles. The van der Waals surface area contributed by atoms with Crippen LogP contribution in [-0.2, 0) is 9.84 Å². The Morgan fingerprint density at radius 2 is 1.96 bits per heavy atom. The molecule has 28 heavy (non-hydrogen) atoms. The lowest BCUT2D eigenvalue weighted by molar-refractivity contribution is -0.384. The van der Waals surface area contributed by atoms with Crippen molar-refractivity contribution in [2.75, 3.05) is 13.3 Å². The summed E-state index contributed by atoms with van der Waals surface area (Å²) in [6.07, 6.45) is 2.55. The van der Waals surface area contributed by atoms with Gasteiger partial charge in [-0.25, -0.2) is 13.4 Å². The quantitative estimate of drug-likeness (QED) is 0.478. The fourth-order valence-corrected chi connectivity index (χ4v) is 3.67. The third-order valence-corrected chi connectivity index (χ3v) is 5.47. The van der Waals surface area contributed by atoms with Gasteiger partial charge in [0.2, 0.25) is 15.0 Å². The van der Waals surface area contributed by atoms with Crippen LogP contribution in [0.4, 0.5) is 5.69 Å². The van der Waals surface area contributed by atoms with Gasteiger partial charge in [-0.2, -0.15) is 0 Å². The van der Waals surface area contributed by atoms with Gasteiger partial charge < -0.3 is 4.90 Å². The van der Waals surface area contributed by atoms with E-state index >= 15 is 0 Å². The maximum absolute atomic E-state index is 13.1. The minimum Gasteiger partial charge on any atom is -0.334 e. The van der Waals surface area contributed by atoms with Crippen molar-refractivity contribution in [3.63, 3.8) is 0 Å². The molecule has 146 valence electrons. The summed E-state index contributed by atoms with van der Waals surface area (Å²) in [7, 11) is -2.11. The molecule has 10 heteroatoms. The Morgan fingerprint density at radius 3 is 2.61 bits per heavy atom. The highest BCUT2D eigenvalue weighted by Crippen LogP contribution is 2.26. The summed E-state index contributed by atoms with van der Waals surface area (Å²) in [4.78, 5) is 29.0. The van der Waals surface area contributed by atoms with E-state index in [1.54, 1.807) is 44.3 Å². The predicted octanol–water partition coefficient (Wildman–Crippen LogP) is 2.48. The molecule has 1 aromatic carbocycles. The van der Waals surface area contributed by atoms with Gasteiger partial charge in [-0.05, 0) is 24.6 Å². The molecule has 0 spiro atoms. The molecule has 3 aromatic rings. The van der Waals surface area contributed by atoms with Crippen molar-refractivity contribution in [1.82, 2.24) is 14.3 Å². The number of non-ortho nitro benzene ring substituents is 1. The molecule has 0 saturated carbocycles. The van der Waals surface area contributed by atoms with Gasteiger partial charge in [0, 0.05) is 31.6 Å². The zero-order valence-electron chi connectivity index (χ0n) is 15.4. The molecular weight excluding hydrogens is 384 g/mol. The number of fused-ring (bicyclic) bond motifs is 1. The second kappa shape index (κ2) is 7.04. The number of carbonyl (C=O) groups is 1. The minimum absolute atomic E-state index is 0.000746. The normalized spacial score (nSPS) is 12.7. The number of pyridine rings is 1. The summed E-state index contributed by atoms with van der Waals surface area (Å²) in [5, 5.41) is 10.8. The first kappa shape index (κ1) is 19.5. The number of nitro groups is 1. The highest BCUT2D eigenvalue weighted by atomic mass is 32.2. The Hall–Kier alpha value is -3.27. The molecule has 0 fully saturated rings. The maximum Gasteiger partial charge on any atom is 0.274 e. The number of carbonyl (C=O) groups excluding carboxylic acids is 1. The lowest BCUT2D eigenvalue weighted by Crippen LogP contribution is -2.30. The van der Waals surface area contributed by atoms with Gasteiger partial charge in [0.15, 0.2) is 5.69 Å². The SMILES string of the molecule is CC(c1cccc([N+](=O)[O-])c1)N(C)C(=O)c1nc(S(C)(=O)=O)n2ccccc12. The summed E-state index contributed by atoms with van der Waals surface area (Å²) in [6, 6.07) is 10.5. The Balaban J connectivity index is 2.02. The Labute approximate surface area is 161 Å². The number of sulfone groups is 1. The van der Waals surface area contributed by atoms with Crippen molar-refractivity contribution in [2.24, 2.45) is 0 Å². The van der Waals surface area contributed by atoms with Crippen molar-refractivity contribution >= 4 is 26.9 Å². The number of hydrogen-bond donors (Lipinski definition) is 0. The van der Waals surface area contributed by atoms with E-state index in [4.69, 9.17) is 0 Å². The molecule has 1 amide bonds. The van der Waals surface area contributed by atoms with Crippen LogP contribution in [0.3, 0.4) is 0 Å². The largest absolute Gasteiger partial charge is 0.334 e. The molecule has 0 radical (unpaired) electrons. The molecule has 0 aliphatic rings. The van der Waals surface area contributed by atoms with Crippen LogP contribution < -0.4 is 0 Å². The van der Waals surface area contributed by atoms with E-state index in [2.05, 4.69) is 4.98 Å². The summed E-state index contributed by atoms with van der Waals surface area (Å²) in [6.45, 7) is 1.73. The minimum atomic E-state index is -3.65. The van der Waals surface area contributed by atoms with Crippen molar-refractivity contribution < 1.29 is 18.1 Å². The number of nitro benzene ring substituents is 1. The van der Waals surface area contributed by atoms with Gasteiger partial charge in [0.1, 0.15) is 0 Å². The fourth-order valence-electron chi connectivity index (χ4n) is 2.89. The summed E-state index contributed by atoms with van der Waals surface area (Å²) in [5.41, 5.74) is 0.876. The van der Waals surface area contributed by atoms with E-state index in [0.29, 0.717) is 11.1 Å². The zero-order valence-corrected chi connectivity index (χ0v) is 16.3. The zero-order chi connectivity index (χ0) is 20.6. The third-order valence-electron chi connectivity index (χ3n) is 4.51. The molecule has 0 aliphatic carbocycles. The summed E-state index contributed by atoms with van der Waals surface area (Å²) >= 11 is 0. The van der Waals surface area contributed by atoms with Crippen LogP contribution in [0.1, 0.15) is 29.0 Å². The average molecular weight is 402 g/mol. The molecule has 0 N–H and O–H groups in total. The second-order valence-corrected chi connectivity index (χ2v) is 8.32. The topological polar surface area (TPSA) is 115 Å². The number of nitrogens with zero attached hydrogens (tertiary/aromatic N) is 4. The molecule has 1 unspecified atom stereocenters. The van der Waals surface area contributed by atoms with Crippen molar-refractivity contribution in [2.45, 2.75) is 18.1 Å². The first-order valence-electron chi connectivity index (χ1n) is 8.30. The summed E-state index contributed by atoms with van der Waals surface area (Å²) < 4.78 is 25.4. The molecular formula is C18H18N4O5S. The Kier molecular flexibility index (Phi) is 4.90. The van der Waals surface area contributed by atoms with Crippen LogP contribution in [0.15, 0.2) is 53.8 Å². The van der Waals surface area contributed by atoms with Gasteiger partial charge in [-0.1, -0.05) is 18.2 Å². The van der Waals surface area contributed by atoms with Crippen LogP contribution in [-0.4, -0.2) is 46.8 Å². The van der Waals surface area contributed by atoms with E-state index in [-0.39, 0.29) is 16.5 Å². The van der Waals surface area contributed by atoms with Gasteiger partial charge >= 0.3 is 0 Å². The van der Waals surface area contributed by atoms with Crippen molar-refractivity contribution in [1.29, 1.82) is 0 Å². The Morgan fingerprint density at radius 1 is 1.25 bits per heavy atom. The van der Waals surface area contributed by atoms with Crippen molar-refractivity contribution in [3.8, 4) is 0 Å². The van der Waals surface area contributed by atoms with Crippen LogP contribution in [0.25, 0.3) is 5.52 Å². The van der Waals surface area contributed by atoms with Gasteiger partial charge in [-0.15, -0.1) is 0 Å². The average Bonchev–Trinajstić information content (AvgIpc) is 3.06. The van der Waals surface area contributed by atoms with E-state index in [0.717, 1.165) is 6.26 Å². The van der Waals surface area contributed by atoms with Crippen LogP contribution in [0.2, 0.25) is 0 Å². The van der Waals surface area contributed by atoms with Gasteiger partial charge in [-0.3, -0.25) is 19.3 Å². The van der Waals surface area contributed by atoms with E-state index < -0.39 is 26.7 Å². The van der Waals surface area contributed by atoms with Crippen molar-refractivity contribution in [3.05, 3.63) is 70.0 Å². The molecule has 9 nitrogen and oxygen atoms in total. The number of rotatable bonds is 5. The lowest BCUT2D eigenvalue weighted by Gasteiger charge is -2.24. The molecule has 0 saturated heterocycles. The lowest BCUT2D eigenvalue weighted by atomic mass is 10.1. The predicted molar refractivity (Wildman–Crippen MR) is 102 cm³/mol. The van der Waals surface area contributed by atoms with Crippen LogP contribution in [0, 0.1) is 10.1 Å². The number of benzene rings is 1. The first-order chi connectivity index (χ1) is 13.1. The van der Waals surface area contributed by atoms with Gasteiger partial charge in [0.05, 0.1) is 16.5 Å². The fraction of sp³-hybridized carbons (Fsp3) is 0.222. The van der Waals surface area contributed by atoms with E-state index in [9.17, 15) is 23.3 Å². The van der Waals surface area contributed by atoms with Crippen LogP contribution >= 0.6 is 0 Å². The first-order valence-corrected chi connectivity index (χ1v) is 10.2. The number of aromatic nitrogens is 2.